The number of ether oxygens (including phenoxy) is 2. The van der Waals surface area contributed by atoms with Crippen molar-refractivity contribution in [2.24, 2.45) is 0 Å². The molecule has 0 aromatic heterocycles. The Morgan fingerprint density at radius 2 is 1.88 bits per heavy atom. The molecule has 0 atom stereocenters. The molecule has 0 fully saturated rings. The number of aryl methyl sites for hydroxylation is 1. The lowest BCUT2D eigenvalue weighted by Gasteiger charge is -2.32. The van der Waals surface area contributed by atoms with E-state index in [2.05, 4.69) is 5.53 Å². The van der Waals surface area contributed by atoms with Crippen molar-refractivity contribution < 1.29 is 32.2 Å². The lowest BCUT2D eigenvalue weighted by atomic mass is 9.96. The molecule has 0 bridgehead atoms. The predicted octanol–water partition coefficient (Wildman–Crippen LogP) is 6.07. The highest BCUT2D eigenvalue weighted by atomic mass is 35.5. The lowest BCUT2D eigenvalue weighted by Crippen LogP contribution is -2.41. The third-order valence-corrected chi connectivity index (χ3v) is 7.69. The molecule has 1 N–H and O–H groups in total. The highest BCUT2D eigenvalue weighted by molar-refractivity contribution is 6.33. The van der Waals surface area contributed by atoms with Gasteiger partial charge in [0.1, 0.15) is 11.4 Å². The molecule has 0 unspecified atom stereocenters. The van der Waals surface area contributed by atoms with Gasteiger partial charge in [0.05, 0.1) is 41.2 Å². The molecule has 0 saturated heterocycles. The van der Waals surface area contributed by atoms with Gasteiger partial charge in [0, 0.05) is 26.6 Å². The van der Waals surface area contributed by atoms with Gasteiger partial charge in [-0.1, -0.05) is 23.7 Å². The van der Waals surface area contributed by atoms with Crippen LogP contribution in [0.25, 0.3) is 0 Å². The van der Waals surface area contributed by atoms with Gasteiger partial charge in [0.2, 0.25) is 0 Å². The van der Waals surface area contributed by atoms with E-state index in [-0.39, 0.29) is 29.5 Å². The molecule has 2 heterocycles. The standard InChI is InChI=1S/C30H30ClF3N4O4/c1-4-42-27(39)11-8-18-14-25-28(26(15-18)41-3)36(2)35-38(25)24-7-5-6-19-17-37(13-12-21(19)24)29(40)22-10-9-20(16-23(22)31)30(32,33)34/h5-7,9-10,14-16,35H,4,8,11-13,17H2,1-3H3. The summed E-state index contributed by atoms with van der Waals surface area (Å²) in [5.41, 5.74) is 7.92. The zero-order chi connectivity index (χ0) is 30.2. The van der Waals surface area contributed by atoms with Crippen molar-refractivity contribution in [2.75, 3.05) is 37.3 Å². The number of nitrogens with one attached hydrogen (secondary N) is 1. The first-order chi connectivity index (χ1) is 20.0. The number of esters is 1. The Bertz CT molecular complexity index is 1530. The highest BCUT2D eigenvalue weighted by Gasteiger charge is 2.34. The largest absolute Gasteiger partial charge is 0.494 e. The van der Waals surface area contributed by atoms with E-state index in [0.29, 0.717) is 31.7 Å². The molecule has 0 saturated carbocycles. The van der Waals surface area contributed by atoms with Crippen LogP contribution in [0.4, 0.5) is 30.2 Å². The number of amides is 1. The van der Waals surface area contributed by atoms with Gasteiger partial charge in [0.25, 0.3) is 5.91 Å². The van der Waals surface area contributed by atoms with Crippen LogP contribution in [0.15, 0.2) is 48.5 Å². The Hall–Kier alpha value is -3.96. The molecule has 42 heavy (non-hydrogen) atoms. The van der Waals surface area contributed by atoms with Gasteiger partial charge in [-0.05, 0) is 72.9 Å². The number of anilines is 3. The molecule has 0 spiro atoms. The third kappa shape index (κ3) is 5.71. The predicted molar refractivity (Wildman–Crippen MR) is 153 cm³/mol. The maximum absolute atomic E-state index is 13.3. The Labute approximate surface area is 246 Å². The van der Waals surface area contributed by atoms with Gasteiger partial charge in [-0.15, -0.1) is 5.53 Å². The zero-order valence-corrected chi connectivity index (χ0v) is 24.1. The van der Waals surface area contributed by atoms with Gasteiger partial charge in [-0.2, -0.15) is 13.2 Å². The second-order valence-corrected chi connectivity index (χ2v) is 10.5. The summed E-state index contributed by atoms with van der Waals surface area (Å²) in [6, 6.07) is 12.5. The van der Waals surface area contributed by atoms with Crippen LogP contribution in [0.1, 0.15) is 46.0 Å². The van der Waals surface area contributed by atoms with E-state index in [1.807, 2.05) is 47.4 Å². The number of hydrogen-bond acceptors (Lipinski definition) is 7. The number of halogens is 4. The van der Waals surface area contributed by atoms with Crippen LogP contribution in [-0.4, -0.2) is 44.1 Å². The molecule has 12 heteroatoms. The van der Waals surface area contributed by atoms with E-state index in [1.165, 1.54) is 0 Å². The number of fused-ring (bicyclic) bond motifs is 2. The maximum Gasteiger partial charge on any atom is 0.416 e. The Morgan fingerprint density at radius 3 is 2.57 bits per heavy atom. The average Bonchev–Trinajstić information content (AvgIpc) is 3.30. The fourth-order valence-corrected chi connectivity index (χ4v) is 5.64. The van der Waals surface area contributed by atoms with Crippen LogP contribution >= 0.6 is 11.6 Å². The van der Waals surface area contributed by atoms with Crippen molar-refractivity contribution in [1.29, 1.82) is 0 Å². The highest BCUT2D eigenvalue weighted by Crippen LogP contribution is 2.46. The fourth-order valence-electron chi connectivity index (χ4n) is 5.38. The van der Waals surface area contributed by atoms with Crippen LogP contribution in [0.3, 0.4) is 0 Å². The molecule has 1 amide bonds. The zero-order valence-electron chi connectivity index (χ0n) is 23.3. The SMILES string of the molecule is CCOC(=O)CCc1cc(OC)c2c(c1)N(c1cccc3c1CCN(C(=O)c1ccc(C(F)(F)F)cc1Cl)C3)NN2C. The van der Waals surface area contributed by atoms with Gasteiger partial charge < -0.3 is 14.4 Å². The van der Waals surface area contributed by atoms with Crippen molar-refractivity contribution in [2.45, 2.75) is 38.9 Å². The molecule has 222 valence electrons. The second-order valence-electron chi connectivity index (χ2n) is 10.0. The molecule has 3 aromatic carbocycles. The third-order valence-electron chi connectivity index (χ3n) is 7.38. The number of hydrazine groups is 2. The van der Waals surface area contributed by atoms with Crippen LogP contribution < -0.4 is 20.3 Å². The van der Waals surface area contributed by atoms with Gasteiger partial charge >= 0.3 is 12.1 Å². The quantitative estimate of drug-likeness (QED) is 0.329. The van der Waals surface area contributed by atoms with E-state index in [1.54, 1.807) is 18.9 Å². The molecular weight excluding hydrogens is 573 g/mol. The first-order valence-electron chi connectivity index (χ1n) is 13.4. The summed E-state index contributed by atoms with van der Waals surface area (Å²) in [4.78, 5) is 26.8. The first-order valence-corrected chi connectivity index (χ1v) is 13.8. The summed E-state index contributed by atoms with van der Waals surface area (Å²) in [6.07, 6.45) is -3.30. The average molecular weight is 603 g/mol. The van der Waals surface area contributed by atoms with Gasteiger partial charge in [-0.3, -0.25) is 19.6 Å². The molecule has 0 radical (unpaired) electrons. The first kappa shape index (κ1) is 29.5. The van der Waals surface area contributed by atoms with Crippen molar-refractivity contribution in [3.05, 3.63) is 81.4 Å². The van der Waals surface area contributed by atoms with E-state index >= 15 is 0 Å². The summed E-state index contributed by atoms with van der Waals surface area (Å²) >= 11 is 6.11. The molecule has 5 rings (SSSR count). The molecule has 3 aromatic rings. The van der Waals surface area contributed by atoms with Gasteiger partial charge in [0.15, 0.2) is 0 Å². The van der Waals surface area contributed by atoms with Gasteiger partial charge in [-0.25, -0.2) is 0 Å². The minimum atomic E-state index is -4.55. The molecule has 2 aliphatic rings. The van der Waals surface area contributed by atoms with E-state index in [0.717, 1.165) is 52.0 Å². The number of rotatable bonds is 7. The number of carbonyl (C=O) groups excluding carboxylic acids is 2. The van der Waals surface area contributed by atoms with Crippen LogP contribution in [0.2, 0.25) is 5.02 Å². The fraction of sp³-hybridized carbons (Fsp3) is 0.333. The molecule has 2 aliphatic heterocycles. The summed E-state index contributed by atoms with van der Waals surface area (Å²) in [6.45, 7) is 2.74. The summed E-state index contributed by atoms with van der Waals surface area (Å²) < 4.78 is 50.0. The molecule has 8 nitrogen and oxygen atoms in total. The maximum atomic E-state index is 13.3. The Balaban J connectivity index is 1.42. The normalized spacial score (nSPS) is 14.5. The number of methoxy groups -OCH3 is 1. The Morgan fingerprint density at radius 1 is 1.10 bits per heavy atom. The molecular formula is C30H30ClF3N4O4. The van der Waals surface area contributed by atoms with Crippen molar-refractivity contribution in [3.63, 3.8) is 0 Å². The number of benzene rings is 3. The Kier molecular flexibility index (Phi) is 8.25. The van der Waals surface area contributed by atoms with Crippen molar-refractivity contribution in [1.82, 2.24) is 10.4 Å². The lowest BCUT2D eigenvalue weighted by molar-refractivity contribution is -0.143. The summed E-state index contributed by atoms with van der Waals surface area (Å²) in [5.74, 6) is -0.0399. The number of carbonyl (C=O) groups is 2. The minimum absolute atomic E-state index is 0.0310. The van der Waals surface area contributed by atoms with E-state index in [9.17, 15) is 22.8 Å². The topological polar surface area (TPSA) is 74.3 Å². The molecule has 0 aliphatic carbocycles. The van der Waals surface area contributed by atoms with E-state index < -0.39 is 17.6 Å². The van der Waals surface area contributed by atoms with Crippen molar-refractivity contribution >= 4 is 40.5 Å². The van der Waals surface area contributed by atoms with Crippen molar-refractivity contribution in [3.8, 4) is 5.75 Å². The number of hydrogen-bond donors (Lipinski definition) is 1. The monoisotopic (exact) mass is 602 g/mol. The second kappa shape index (κ2) is 11.7. The minimum Gasteiger partial charge on any atom is -0.494 e. The van der Waals surface area contributed by atoms with E-state index in [4.69, 9.17) is 21.1 Å². The van der Waals surface area contributed by atoms with Crippen LogP contribution in [0, 0.1) is 0 Å². The van der Waals surface area contributed by atoms with Crippen LogP contribution in [-0.2, 0) is 35.1 Å². The summed E-state index contributed by atoms with van der Waals surface area (Å²) in [5, 5.41) is 3.57. The number of nitrogens with zero attached hydrogens (tertiary/aromatic N) is 3. The summed E-state index contributed by atoms with van der Waals surface area (Å²) in [7, 11) is 3.48. The smallest absolute Gasteiger partial charge is 0.416 e. The van der Waals surface area contributed by atoms with Crippen LogP contribution in [0.5, 0.6) is 5.75 Å². The number of alkyl halides is 3.